The van der Waals surface area contributed by atoms with Crippen molar-refractivity contribution in [2.24, 2.45) is 5.16 Å². The second kappa shape index (κ2) is 10.5. The smallest absolute Gasteiger partial charge is 0.354 e. The Kier molecular flexibility index (Phi) is 7.47. The molecule has 4 heterocycles. The largest absolute Gasteiger partial charge is 0.464 e. The lowest BCUT2D eigenvalue weighted by atomic mass is 10.0. The van der Waals surface area contributed by atoms with Crippen molar-refractivity contribution in [3.63, 3.8) is 0 Å². The molecule has 0 radical (unpaired) electrons. The number of ether oxygens (including phenoxy) is 1. The van der Waals surface area contributed by atoms with Crippen molar-refractivity contribution in [3.8, 4) is 0 Å². The van der Waals surface area contributed by atoms with Gasteiger partial charge in [-0.3, -0.25) is 19.3 Å². The molecule has 1 fully saturated rings. The van der Waals surface area contributed by atoms with E-state index in [1.54, 1.807) is 17.5 Å². The summed E-state index contributed by atoms with van der Waals surface area (Å²) in [6.45, 7) is 0. The lowest BCUT2D eigenvalue weighted by Crippen LogP contribution is -2.71. The molecule has 2 unspecified atom stereocenters. The zero-order valence-corrected chi connectivity index (χ0v) is 20.8. The predicted molar refractivity (Wildman–Crippen MR) is 130 cm³/mol. The number of carbonyl (C=O) groups excluding carboxylic acids is 4. The zero-order valence-electron chi connectivity index (χ0n) is 18.4. The van der Waals surface area contributed by atoms with Gasteiger partial charge in [-0.25, -0.2) is 9.78 Å². The van der Waals surface area contributed by atoms with Crippen molar-refractivity contribution in [3.05, 3.63) is 46.5 Å². The molecule has 2 aromatic rings. The summed E-state index contributed by atoms with van der Waals surface area (Å²) in [6, 6.07) is 2.24. The van der Waals surface area contributed by atoms with Crippen molar-refractivity contribution in [2.45, 2.75) is 11.4 Å². The maximum absolute atomic E-state index is 13.0. The van der Waals surface area contributed by atoms with E-state index in [0.717, 1.165) is 23.1 Å². The Morgan fingerprint density at radius 3 is 2.83 bits per heavy atom. The van der Waals surface area contributed by atoms with Crippen molar-refractivity contribution >= 4 is 68.6 Å². The first-order valence-corrected chi connectivity index (χ1v) is 12.9. The van der Waals surface area contributed by atoms with Crippen LogP contribution in [-0.2, 0) is 24.0 Å². The molecule has 1 saturated heterocycles. The molecule has 15 heteroatoms. The van der Waals surface area contributed by atoms with Crippen LogP contribution >= 0.6 is 34.9 Å². The fourth-order valence-electron chi connectivity index (χ4n) is 3.40. The van der Waals surface area contributed by atoms with Crippen molar-refractivity contribution in [1.82, 2.24) is 15.2 Å². The van der Waals surface area contributed by atoms with Gasteiger partial charge in [0.1, 0.15) is 29.9 Å². The molecular formula is C20H19N5O7S3. The first-order chi connectivity index (χ1) is 16.8. The lowest BCUT2D eigenvalue weighted by Gasteiger charge is -2.49. The number of hydrogen-bond acceptors (Lipinski definition) is 13. The average molecular weight is 538 g/mol. The Balaban J connectivity index is 1.50. The highest BCUT2D eigenvalue weighted by Crippen LogP contribution is 2.41. The summed E-state index contributed by atoms with van der Waals surface area (Å²) in [5.74, 6) is -1.16. The van der Waals surface area contributed by atoms with Crippen LogP contribution < -0.4 is 11.1 Å². The molecular weight excluding hydrogens is 518 g/mol. The van der Waals surface area contributed by atoms with E-state index in [2.05, 4.69) is 15.5 Å². The Morgan fingerprint density at radius 2 is 2.20 bits per heavy atom. The number of rotatable bonds is 8. The Morgan fingerprint density at radius 1 is 1.40 bits per heavy atom. The van der Waals surface area contributed by atoms with E-state index in [4.69, 9.17) is 19.7 Å². The van der Waals surface area contributed by atoms with Gasteiger partial charge >= 0.3 is 5.97 Å². The summed E-state index contributed by atoms with van der Waals surface area (Å²) in [5.41, 5.74) is 6.36. The number of esters is 1. The summed E-state index contributed by atoms with van der Waals surface area (Å²) in [4.78, 5) is 60.8. The number of nitrogens with one attached hydrogen (secondary N) is 1. The number of nitrogens with zero attached hydrogens (tertiary/aromatic N) is 3. The minimum absolute atomic E-state index is 0.0737. The Bertz CT molecular complexity index is 1220. The van der Waals surface area contributed by atoms with Gasteiger partial charge in [0, 0.05) is 16.9 Å². The number of nitrogen functional groups attached to an aromatic ring is 1. The molecule has 12 nitrogen and oxygen atoms in total. The van der Waals surface area contributed by atoms with Crippen LogP contribution in [0.3, 0.4) is 0 Å². The summed E-state index contributed by atoms with van der Waals surface area (Å²) < 4.78 is 9.99. The van der Waals surface area contributed by atoms with Crippen molar-refractivity contribution < 1.29 is 33.2 Å². The first-order valence-electron chi connectivity index (χ1n) is 9.94. The number of fused-ring (bicyclic) bond motifs is 1. The zero-order chi connectivity index (χ0) is 25.1. The average Bonchev–Trinajstić information content (AvgIpc) is 3.55. The summed E-state index contributed by atoms with van der Waals surface area (Å²) >= 11 is 3.44. The predicted octanol–water partition coefficient (Wildman–Crippen LogP) is 1.07. The van der Waals surface area contributed by atoms with E-state index in [-0.39, 0.29) is 38.9 Å². The molecule has 0 aromatic carbocycles. The third-order valence-corrected chi connectivity index (χ3v) is 7.94. The maximum Gasteiger partial charge on any atom is 0.354 e. The highest BCUT2D eigenvalue weighted by atomic mass is 32.2. The number of methoxy groups -OCH3 is 1. The normalized spacial score (nSPS) is 19.7. The van der Waals surface area contributed by atoms with Gasteiger partial charge in [0.2, 0.25) is 0 Å². The second-order valence-electron chi connectivity index (χ2n) is 7.05. The molecule has 2 aliphatic rings. The Labute approximate surface area is 211 Å². The van der Waals surface area contributed by atoms with Crippen LogP contribution in [0.15, 0.2) is 44.6 Å². The van der Waals surface area contributed by atoms with Gasteiger partial charge in [0.15, 0.2) is 16.6 Å². The van der Waals surface area contributed by atoms with E-state index < -0.39 is 29.2 Å². The van der Waals surface area contributed by atoms with Crippen LogP contribution in [0.4, 0.5) is 5.13 Å². The van der Waals surface area contributed by atoms with Gasteiger partial charge < -0.3 is 25.0 Å². The molecule has 3 N–H and O–H groups in total. The van der Waals surface area contributed by atoms with E-state index in [0.29, 0.717) is 11.3 Å². The number of thiazole rings is 1. The fourth-order valence-corrected chi connectivity index (χ4v) is 6.23. The van der Waals surface area contributed by atoms with Crippen molar-refractivity contribution in [2.75, 3.05) is 31.5 Å². The molecule has 184 valence electrons. The highest BCUT2D eigenvalue weighted by Gasteiger charge is 2.54. The van der Waals surface area contributed by atoms with Crippen LogP contribution in [0.2, 0.25) is 0 Å². The van der Waals surface area contributed by atoms with E-state index in [1.165, 1.54) is 37.1 Å². The summed E-state index contributed by atoms with van der Waals surface area (Å²) in [7, 11) is 2.49. The molecule has 2 aliphatic heterocycles. The van der Waals surface area contributed by atoms with E-state index in [1.807, 2.05) is 0 Å². The van der Waals surface area contributed by atoms with Crippen molar-refractivity contribution in [1.29, 1.82) is 0 Å². The number of anilines is 1. The van der Waals surface area contributed by atoms with Gasteiger partial charge in [0.25, 0.3) is 16.9 Å². The molecule has 0 spiro atoms. The third-order valence-electron chi connectivity index (χ3n) is 4.97. The fraction of sp³-hybridized carbons (Fsp3) is 0.300. The third kappa shape index (κ3) is 4.92. The maximum atomic E-state index is 13.0. The molecule has 2 amide bonds. The number of hydrogen-bond donors (Lipinski definition) is 2. The number of β-lactam (4-membered cyclic amide) rings is 1. The number of furan rings is 1. The van der Waals surface area contributed by atoms with Gasteiger partial charge in [-0.15, -0.1) is 23.1 Å². The number of aromatic nitrogens is 1. The number of carbonyl (C=O) groups is 4. The first kappa shape index (κ1) is 24.8. The topological polar surface area (TPSA) is 166 Å². The number of amides is 2. The number of nitrogens with two attached hydrogens (primary N) is 1. The lowest BCUT2D eigenvalue weighted by molar-refractivity contribution is -0.151. The molecule has 2 aromatic heterocycles. The monoisotopic (exact) mass is 537 g/mol. The van der Waals surface area contributed by atoms with Gasteiger partial charge in [-0.05, 0) is 17.7 Å². The van der Waals surface area contributed by atoms with Crippen LogP contribution in [-0.4, -0.2) is 75.6 Å². The Hall–Kier alpha value is -3.30. The van der Waals surface area contributed by atoms with Gasteiger partial charge in [-0.1, -0.05) is 16.9 Å². The van der Waals surface area contributed by atoms with Crippen LogP contribution in [0.5, 0.6) is 0 Å². The number of oxime groups is 1. The molecule has 35 heavy (non-hydrogen) atoms. The van der Waals surface area contributed by atoms with Gasteiger partial charge in [0.05, 0.1) is 13.4 Å². The quantitative estimate of drug-likeness (QED) is 0.214. The van der Waals surface area contributed by atoms with E-state index in [9.17, 15) is 19.2 Å². The molecule has 2 atom stereocenters. The molecule has 4 rings (SSSR count). The molecule has 0 aliphatic carbocycles. The second-order valence-corrected chi connectivity index (χ2v) is 9.99. The van der Waals surface area contributed by atoms with Gasteiger partial charge in [-0.2, -0.15) is 0 Å². The molecule has 0 saturated carbocycles. The minimum atomic E-state index is -0.913. The summed E-state index contributed by atoms with van der Waals surface area (Å²) in [6.07, 6.45) is 1.40. The van der Waals surface area contributed by atoms with Crippen LogP contribution in [0.1, 0.15) is 16.2 Å². The highest BCUT2D eigenvalue weighted by molar-refractivity contribution is 8.14. The SMILES string of the molecule is CO/N=C(\C(=O)NC1C(=O)N2C(C(=O)OC)=C(CSC(=O)c3ccco3)CSC12)c1csc(N)n1. The molecule has 0 bridgehead atoms. The standard InChI is InChI=1S/C20H19N5O7S3/c1-30-18(28)14-9(7-34-19(29)11-4-3-5-32-11)6-33-17-13(16(27)25(14)17)23-15(26)12(24-31-2)10-8-35-20(21)22-10/h3-5,8,13,17H,6-7H2,1-2H3,(H2,21,22)(H,23,26)/b24-12-. The number of thioether (sulfide) groups is 2. The van der Waals surface area contributed by atoms with Crippen LogP contribution in [0.25, 0.3) is 0 Å². The summed E-state index contributed by atoms with van der Waals surface area (Å²) in [5, 5.41) is 7.30. The minimum Gasteiger partial charge on any atom is -0.464 e. The van der Waals surface area contributed by atoms with Crippen LogP contribution in [0, 0.1) is 0 Å². The van der Waals surface area contributed by atoms with E-state index >= 15 is 0 Å².